The summed E-state index contributed by atoms with van der Waals surface area (Å²) in [4.78, 5) is 25.1. The van der Waals surface area contributed by atoms with Crippen LogP contribution in [0.3, 0.4) is 0 Å². The van der Waals surface area contributed by atoms with Crippen LogP contribution in [0.15, 0.2) is 18.2 Å². The van der Waals surface area contributed by atoms with Crippen molar-refractivity contribution in [2.24, 2.45) is 0 Å². The van der Waals surface area contributed by atoms with Gasteiger partial charge in [0.25, 0.3) is 0 Å². The van der Waals surface area contributed by atoms with Crippen molar-refractivity contribution in [2.75, 3.05) is 13.1 Å². The van der Waals surface area contributed by atoms with Crippen LogP contribution in [0.1, 0.15) is 29.8 Å². The normalized spacial score (nSPS) is 18.6. The molecular weight excluding hydrogens is 280 g/mol. The van der Waals surface area contributed by atoms with Crippen LogP contribution in [0.25, 0.3) is 0 Å². The van der Waals surface area contributed by atoms with E-state index in [4.69, 9.17) is 11.6 Å². The molecule has 1 aliphatic heterocycles. The molecule has 5 nitrogen and oxygen atoms in total. The first-order chi connectivity index (χ1) is 9.34. The predicted octanol–water partition coefficient (Wildman–Crippen LogP) is 1.75. The van der Waals surface area contributed by atoms with E-state index in [0.717, 1.165) is 0 Å². The number of nitrogens with one attached hydrogen (secondary N) is 1. The summed E-state index contributed by atoms with van der Waals surface area (Å²) in [5.41, 5.74) is 0.0384. The Hall–Kier alpha value is -1.59. The van der Waals surface area contributed by atoms with Gasteiger partial charge in [-0.05, 0) is 31.5 Å². The summed E-state index contributed by atoms with van der Waals surface area (Å²) in [5.74, 6) is -1.07. The van der Waals surface area contributed by atoms with Crippen molar-refractivity contribution in [3.8, 4) is 0 Å². The second-order valence-electron chi connectivity index (χ2n) is 5.31. The fraction of sp³-hybridized carbons (Fsp3) is 0.429. The molecule has 108 valence electrons. The Bertz CT molecular complexity index is 557. The smallest absolute Gasteiger partial charge is 0.336 e. The number of carbonyl (C=O) groups excluding carboxylic acids is 1. The molecule has 1 aliphatic rings. The molecule has 0 radical (unpaired) electrons. The number of hydrogen-bond acceptors (Lipinski definition) is 3. The summed E-state index contributed by atoms with van der Waals surface area (Å²) in [7, 11) is 0. The minimum absolute atomic E-state index is 0.0623. The van der Waals surface area contributed by atoms with Gasteiger partial charge in [-0.15, -0.1) is 0 Å². The molecule has 0 aliphatic carbocycles. The molecule has 0 bridgehead atoms. The zero-order chi connectivity index (χ0) is 14.9. The van der Waals surface area contributed by atoms with E-state index in [9.17, 15) is 14.7 Å². The number of amides is 1. The fourth-order valence-corrected chi connectivity index (χ4v) is 2.57. The second-order valence-corrected chi connectivity index (χ2v) is 5.71. The van der Waals surface area contributed by atoms with Crippen LogP contribution in [0.5, 0.6) is 0 Å². The average Bonchev–Trinajstić information content (AvgIpc) is 2.37. The van der Waals surface area contributed by atoms with Crippen LogP contribution < -0.4 is 5.32 Å². The Kier molecular flexibility index (Phi) is 4.01. The zero-order valence-electron chi connectivity index (χ0n) is 11.4. The van der Waals surface area contributed by atoms with Crippen LogP contribution in [0.4, 0.5) is 0 Å². The van der Waals surface area contributed by atoms with Gasteiger partial charge in [-0.2, -0.15) is 0 Å². The molecule has 1 fully saturated rings. The van der Waals surface area contributed by atoms with Gasteiger partial charge in [0.05, 0.1) is 11.1 Å². The molecule has 1 amide bonds. The first kappa shape index (κ1) is 14.8. The number of carboxylic acids is 1. The van der Waals surface area contributed by atoms with Gasteiger partial charge >= 0.3 is 5.97 Å². The van der Waals surface area contributed by atoms with Gasteiger partial charge in [0.1, 0.15) is 0 Å². The number of halogens is 1. The number of hydrogen-bond donors (Lipinski definition) is 2. The lowest BCUT2D eigenvalue weighted by atomic mass is 9.97. The van der Waals surface area contributed by atoms with E-state index in [1.165, 1.54) is 6.07 Å². The molecule has 0 saturated carbocycles. The Labute approximate surface area is 122 Å². The summed E-state index contributed by atoms with van der Waals surface area (Å²) in [6.07, 6.45) is 0. The number of piperazine rings is 1. The summed E-state index contributed by atoms with van der Waals surface area (Å²) in [6.45, 7) is 5.18. The molecule has 2 rings (SSSR count). The average molecular weight is 297 g/mol. The third-order valence-electron chi connectivity index (χ3n) is 3.71. The van der Waals surface area contributed by atoms with Gasteiger partial charge in [0.15, 0.2) is 0 Å². The van der Waals surface area contributed by atoms with E-state index >= 15 is 0 Å². The van der Waals surface area contributed by atoms with Crippen LogP contribution in [-0.2, 0) is 11.3 Å². The lowest BCUT2D eigenvalue weighted by Gasteiger charge is -2.41. The Morgan fingerprint density at radius 2 is 2.20 bits per heavy atom. The van der Waals surface area contributed by atoms with E-state index in [0.29, 0.717) is 30.2 Å². The SMILES string of the molecule is CC1(C)C(=O)NCCN1Cc1c(Cl)cccc1C(=O)O. The van der Waals surface area contributed by atoms with Gasteiger partial charge in [-0.25, -0.2) is 4.79 Å². The molecule has 1 aromatic carbocycles. The molecule has 0 spiro atoms. The Morgan fingerprint density at radius 1 is 1.50 bits per heavy atom. The van der Waals surface area contributed by atoms with E-state index in [1.54, 1.807) is 12.1 Å². The third-order valence-corrected chi connectivity index (χ3v) is 4.07. The van der Waals surface area contributed by atoms with Crippen LogP contribution in [0.2, 0.25) is 5.02 Å². The minimum atomic E-state index is -1.01. The number of carbonyl (C=O) groups is 2. The van der Waals surface area contributed by atoms with Crippen LogP contribution in [-0.4, -0.2) is 40.5 Å². The predicted molar refractivity (Wildman–Crippen MR) is 75.9 cm³/mol. The number of nitrogens with zero attached hydrogens (tertiary/aromatic N) is 1. The van der Waals surface area contributed by atoms with Crippen molar-refractivity contribution < 1.29 is 14.7 Å². The molecule has 1 saturated heterocycles. The molecule has 0 aromatic heterocycles. The molecule has 2 N–H and O–H groups in total. The van der Waals surface area contributed by atoms with Gasteiger partial charge in [0, 0.05) is 24.7 Å². The Morgan fingerprint density at radius 3 is 2.85 bits per heavy atom. The topological polar surface area (TPSA) is 69.6 Å². The van der Waals surface area contributed by atoms with Gasteiger partial charge in [0.2, 0.25) is 5.91 Å². The maximum Gasteiger partial charge on any atom is 0.336 e. The van der Waals surface area contributed by atoms with Gasteiger partial charge in [-0.3, -0.25) is 9.69 Å². The third kappa shape index (κ3) is 2.64. The highest BCUT2D eigenvalue weighted by Crippen LogP contribution is 2.26. The van der Waals surface area contributed by atoms with E-state index < -0.39 is 11.5 Å². The lowest BCUT2D eigenvalue weighted by molar-refractivity contribution is -0.135. The molecule has 20 heavy (non-hydrogen) atoms. The summed E-state index contributed by atoms with van der Waals surface area (Å²) in [6, 6.07) is 4.81. The van der Waals surface area contributed by atoms with Gasteiger partial charge in [-0.1, -0.05) is 17.7 Å². The Balaban J connectivity index is 2.34. The molecule has 6 heteroatoms. The number of aromatic carboxylic acids is 1. The van der Waals surface area contributed by atoms with Crippen molar-refractivity contribution in [2.45, 2.75) is 25.9 Å². The summed E-state index contributed by atoms with van der Waals surface area (Å²) >= 11 is 6.13. The first-order valence-corrected chi connectivity index (χ1v) is 6.76. The highest BCUT2D eigenvalue weighted by atomic mass is 35.5. The molecule has 1 aromatic rings. The largest absolute Gasteiger partial charge is 0.478 e. The van der Waals surface area contributed by atoms with Crippen LogP contribution >= 0.6 is 11.6 Å². The van der Waals surface area contributed by atoms with Crippen molar-refractivity contribution in [1.82, 2.24) is 10.2 Å². The number of carboxylic acid groups (broad SMARTS) is 1. The summed E-state index contributed by atoms with van der Waals surface area (Å²) < 4.78 is 0. The van der Waals surface area contributed by atoms with Crippen molar-refractivity contribution in [3.63, 3.8) is 0 Å². The molecule has 1 heterocycles. The zero-order valence-corrected chi connectivity index (χ0v) is 12.2. The first-order valence-electron chi connectivity index (χ1n) is 6.38. The fourth-order valence-electron chi connectivity index (χ4n) is 2.33. The van der Waals surface area contributed by atoms with Crippen molar-refractivity contribution in [1.29, 1.82) is 0 Å². The number of benzene rings is 1. The van der Waals surface area contributed by atoms with E-state index in [2.05, 4.69) is 5.32 Å². The van der Waals surface area contributed by atoms with Gasteiger partial charge < -0.3 is 10.4 Å². The number of rotatable bonds is 3. The highest BCUT2D eigenvalue weighted by Gasteiger charge is 2.38. The maximum atomic E-state index is 11.9. The van der Waals surface area contributed by atoms with Crippen LogP contribution in [0, 0.1) is 0 Å². The molecule has 0 atom stereocenters. The highest BCUT2D eigenvalue weighted by molar-refractivity contribution is 6.31. The van der Waals surface area contributed by atoms with Crippen molar-refractivity contribution >= 4 is 23.5 Å². The lowest BCUT2D eigenvalue weighted by Crippen LogP contribution is -2.61. The summed E-state index contributed by atoms with van der Waals surface area (Å²) in [5, 5.41) is 12.5. The second kappa shape index (κ2) is 5.42. The van der Waals surface area contributed by atoms with E-state index in [1.807, 2.05) is 18.7 Å². The standard InChI is InChI=1S/C14H17ClN2O3/c1-14(2)13(20)16-6-7-17(14)8-10-9(12(18)19)4-3-5-11(10)15/h3-5H,6-8H2,1-2H3,(H,16,20)(H,18,19). The quantitative estimate of drug-likeness (QED) is 0.891. The monoisotopic (exact) mass is 296 g/mol. The maximum absolute atomic E-state index is 11.9. The molecular formula is C14H17ClN2O3. The van der Waals surface area contributed by atoms with Crippen molar-refractivity contribution in [3.05, 3.63) is 34.3 Å². The minimum Gasteiger partial charge on any atom is -0.478 e. The molecule has 0 unspecified atom stereocenters. The van der Waals surface area contributed by atoms with E-state index in [-0.39, 0.29) is 11.5 Å².